The monoisotopic (exact) mass is 323 g/mol. The Balaban J connectivity index is 2.04. The van der Waals surface area contributed by atoms with E-state index in [1.54, 1.807) is 19.1 Å². The molecule has 0 unspecified atom stereocenters. The summed E-state index contributed by atoms with van der Waals surface area (Å²) in [7, 11) is 0. The Bertz CT molecular complexity index is 442. The zero-order chi connectivity index (χ0) is 16.9. The van der Waals surface area contributed by atoms with Gasteiger partial charge in [0.2, 0.25) is 0 Å². The van der Waals surface area contributed by atoms with Crippen molar-refractivity contribution in [3.63, 3.8) is 0 Å². The Morgan fingerprint density at radius 3 is 2.39 bits per heavy atom. The molecule has 1 aromatic heterocycles. The van der Waals surface area contributed by atoms with Crippen molar-refractivity contribution in [1.29, 1.82) is 0 Å². The molecule has 0 aliphatic carbocycles. The van der Waals surface area contributed by atoms with Gasteiger partial charge in [0.05, 0.1) is 12.9 Å². The van der Waals surface area contributed by atoms with Crippen LogP contribution in [0.4, 0.5) is 0 Å². The second kappa shape index (κ2) is 11.7. The fraction of sp³-hybridized carbons (Fsp3) is 0.667. The van der Waals surface area contributed by atoms with Crippen LogP contribution in [0.25, 0.3) is 0 Å². The van der Waals surface area contributed by atoms with E-state index in [-0.39, 0.29) is 5.76 Å². The Morgan fingerprint density at radius 1 is 1.13 bits per heavy atom. The van der Waals surface area contributed by atoms with E-state index >= 15 is 0 Å². The molecule has 23 heavy (non-hydrogen) atoms. The van der Waals surface area contributed by atoms with E-state index in [1.165, 1.54) is 44.8 Å². The number of esters is 1. The van der Waals surface area contributed by atoms with E-state index in [0.29, 0.717) is 6.61 Å². The zero-order valence-corrected chi connectivity index (χ0v) is 14.3. The molecule has 0 radical (unpaired) electrons. The summed E-state index contributed by atoms with van der Waals surface area (Å²) in [5, 5.41) is 2.56. The highest BCUT2D eigenvalue weighted by Crippen LogP contribution is 2.08. The third kappa shape index (κ3) is 8.43. The first kappa shape index (κ1) is 19.3. The van der Waals surface area contributed by atoms with Crippen LogP contribution in [-0.4, -0.2) is 24.5 Å². The number of hydrogen-bond donors (Lipinski definition) is 1. The summed E-state index contributed by atoms with van der Waals surface area (Å²) in [6.07, 6.45) is 11.0. The van der Waals surface area contributed by atoms with Crippen LogP contribution < -0.4 is 5.32 Å². The van der Waals surface area contributed by atoms with Gasteiger partial charge < -0.3 is 14.5 Å². The molecule has 5 heteroatoms. The minimum absolute atomic E-state index is 0.188. The number of ether oxygens (including phenoxy) is 1. The van der Waals surface area contributed by atoms with Crippen molar-refractivity contribution >= 4 is 11.9 Å². The van der Waals surface area contributed by atoms with Crippen molar-refractivity contribution in [3.05, 3.63) is 24.2 Å². The summed E-state index contributed by atoms with van der Waals surface area (Å²) in [5.74, 6) is -0.632. The topological polar surface area (TPSA) is 68.5 Å². The Morgan fingerprint density at radius 2 is 1.78 bits per heavy atom. The van der Waals surface area contributed by atoms with Crippen LogP contribution in [0.2, 0.25) is 0 Å². The normalized spacial score (nSPS) is 11.9. The lowest BCUT2D eigenvalue weighted by atomic mass is 10.1. The van der Waals surface area contributed by atoms with Gasteiger partial charge >= 0.3 is 5.97 Å². The number of carbonyl (C=O) groups is 2. The second-order valence-electron chi connectivity index (χ2n) is 5.81. The predicted octanol–water partition coefficient (Wildman–Crippen LogP) is 4.08. The molecule has 0 aliphatic rings. The summed E-state index contributed by atoms with van der Waals surface area (Å²) in [5.41, 5.74) is 0. The maximum atomic E-state index is 11.8. The standard InChI is InChI=1S/C18H29NO4/c1-3-4-5-6-7-8-9-10-13-23-18(21)15(2)19-17(20)16-12-11-14-22-16/h11-12,14-15H,3-10,13H2,1-2H3,(H,19,20)/t15-/m0/s1. The number of nitrogens with one attached hydrogen (secondary N) is 1. The molecular formula is C18H29NO4. The Labute approximate surface area is 138 Å². The van der Waals surface area contributed by atoms with E-state index in [1.807, 2.05) is 0 Å². The van der Waals surface area contributed by atoms with Gasteiger partial charge in [-0.15, -0.1) is 0 Å². The fourth-order valence-electron chi connectivity index (χ4n) is 2.27. The maximum Gasteiger partial charge on any atom is 0.328 e. The SMILES string of the molecule is CCCCCCCCCCOC(=O)[C@H](C)NC(=O)c1ccco1. The predicted molar refractivity (Wildman–Crippen MR) is 89.2 cm³/mol. The number of rotatable bonds is 12. The summed E-state index contributed by atoms with van der Waals surface area (Å²) < 4.78 is 10.2. The van der Waals surface area contributed by atoms with E-state index in [0.717, 1.165) is 12.8 Å². The van der Waals surface area contributed by atoms with Gasteiger partial charge in [0, 0.05) is 0 Å². The molecule has 0 saturated heterocycles. The van der Waals surface area contributed by atoms with Gasteiger partial charge in [-0.1, -0.05) is 51.9 Å². The first-order valence-corrected chi connectivity index (χ1v) is 8.66. The van der Waals surface area contributed by atoms with Crippen molar-refractivity contribution in [1.82, 2.24) is 5.32 Å². The molecule has 0 bridgehead atoms. The highest BCUT2D eigenvalue weighted by atomic mass is 16.5. The van der Waals surface area contributed by atoms with Crippen LogP contribution in [0.15, 0.2) is 22.8 Å². The first-order chi connectivity index (χ1) is 11.1. The van der Waals surface area contributed by atoms with Gasteiger partial charge in [-0.2, -0.15) is 0 Å². The molecule has 5 nitrogen and oxygen atoms in total. The van der Waals surface area contributed by atoms with Gasteiger partial charge in [0.15, 0.2) is 5.76 Å². The smallest absolute Gasteiger partial charge is 0.328 e. The molecular weight excluding hydrogens is 294 g/mol. The lowest BCUT2D eigenvalue weighted by molar-refractivity contribution is -0.145. The van der Waals surface area contributed by atoms with Crippen LogP contribution in [-0.2, 0) is 9.53 Å². The van der Waals surface area contributed by atoms with Gasteiger partial charge in [-0.25, -0.2) is 4.79 Å². The molecule has 1 N–H and O–H groups in total. The average molecular weight is 323 g/mol. The van der Waals surface area contributed by atoms with Crippen molar-refractivity contribution in [2.45, 2.75) is 71.3 Å². The lowest BCUT2D eigenvalue weighted by Gasteiger charge is -2.12. The molecule has 1 heterocycles. The third-order valence-corrected chi connectivity index (χ3v) is 3.69. The van der Waals surface area contributed by atoms with Crippen molar-refractivity contribution in [3.8, 4) is 0 Å². The molecule has 0 fully saturated rings. The molecule has 0 aromatic carbocycles. The highest BCUT2D eigenvalue weighted by Gasteiger charge is 2.18. The van der Waals surface area contributed by atoms with Crippen LogP contribution in [0.1, 0.15) is 75.8 Å². The van der Waals surface area contributed by atoms with Crippen LogP contribution in [0.5, 0.6) is 0 Å². The average Bonchev–Trinajstić information content (AvgIpc) is 3.07. The summed E-state index contributed by atoms with van der Waals surface area (Å²) in [6, 6.07) is 2.50. The highest BCUT2D eigenvalue weighted by molar-refractivity contribution is 5.94. The number of hydrogen-bond acceptors (Lipinski definition) is 4. The van der Waals surface area contributed by atoms with E-state index in [9.17, 15) is 9.59 Å². The van der Waals surface area contributed by atoms with Crippen molar-refractivity contribution in [2.75, 3.05) is 6.61 Å². The number of furan rings is 1. The number of amides is 1. The van der Waals surface area contributed by atoms with Gasteiger partial charge in [0.25, 0.3) is 5.91 Å². The largest absolute Gasteiger partial charge is 0.464 e. The molecule has 0 saturated carbocycles. The van der Waals surface area contributed by atoms with Gasteiger partial charge in [-0.3, -0.25) is 4.79 Å². The van der Waals surface area contributed by atoms with E-state index in [4.69, 9.17) is 9.15 Å². The summed E-state index contributed by atoms with van der Waals surface area (Å²) >= 11 is 0. The molecule has 0 aliphatic heterocycles. The molecule has 0 spiro atoms. The second-order valence-corrected chi connectivity index (χ2v) is 5.81. The van der Waals surface area contributed by atoms with E-state index < -0.39 is 17.9 Å². The van der Waals surface area contributed by atoms with E-state index in [2.05, 4.69) is 12.2 Å². The Kier molecular flexibility index (Phi) is 9.84. The number of unbranched alkanes of at least 4 members (excludes halogenated alkanes) is 7. The van der Waals surface area contributed by atoms with Crippen molar-refractivity contribution < 1.29 is 18.7 Å². The molecule has 1 amide bonds. The number of carbonyl (C=O) groups excluding carboxylic acids is 2. The fourth-order valence-corrected chi connectivity index (χ4v) is 2.27. The quantitative estimate of drug-likeness (QED) is 0.465. The summed E-state index contributed by atoms with van der Waals surface area (Å²) in [6.45, 7) is 4.23. The van der Waals surface area contributed by atoms with Crippen LogP contribution in [0, 0.1) is 0 Å². The molecule has 1 aromatic rings. The minimum atomic E-state index is -0.679. The molecule has 1 atom stereocenters. The van der Waals surface area contributed by atoms with Gasteiger partial charge in [0.1, 0.15) is 6.04 Å². The van der Waals surface area contributed by atoms with Gasteiger partial charge in [-0.05, 0) is 25.5 Å². The third-order valence-electron chi connectivity index (χ3n) is 3.69. The van der Waals surface area contributed by atoms with Crippen LogP contribution >= 0.6 is 0 Å². The maximum absolute atomic E-state index is 11.8. The van der Waals surface area contributed by atoms with Crippen molar-refractivity contribution in [2.24, 2.45) is 0 Å². The Hall–Kier alpha value is -1.78. The first-order valence-electron chi connectivity index (χ1n) is 8.66. The van der Waals surface area contributed by atoms with Crippen LogP contribution in [0.3, 0.4) is 0 Å². The molecule has 1 rings (SSSR count). The zero-order valence-electron chi connectivity index (χ0n) is 14.3. The summed E-state index contributed by atoms with van der Waals surface area (Å²) in [4.78, 5) is 23.5. The lowest BCUT2D eigenvalue weighted by Crippen LogP contribution is -2.39. The minimum Gasteiger partial charge on any atom is -0.464 e. The molecule has 130 valence electrons.